The third kappa shape index (κ3) is 4.87. The SMILES string of the molecule is C\C=C/C=C(C#N)\C=C\n1nnc(C2CCCCN2c2nnc(-c3ccnc(C)c3)n2C)n1. The molecule has 10 nitrogen and oxygen atoms in total. The number of nitrogens with zero attached hydrogens (tertiary/aromatic N) is 10. The second-order valence-corrected chi connectivity index (χ2v) is 7.82. The van der Waals surface area contributed by atoms with E-state index in [-0.39, 0.29) is 6.04 Å². The molecule has 0 bridgehead atoms. The summed E-state index contributed by atoms with van der Waals surface area (Å²) in [6.45, 7) is 4.69. The lowest BCUT2D eigenvalue weighted by molar-refractivity contribution is 0.445. The monoisotopic (exact) mass is 442 g/mol. The first-order valence-electron chi connectivity index (χ1n) is 10.9. The van der Waals surface area contributed by atoms with Crippen LogP contribution in [0.2, 0.25) is 0 Å². The van der Waals surface area contributed by atoms with Gasteiger partial charge in [-0.25, -0.2) is 0 Å². The molecule has 3 aromatic heterocycles. The van der Waals surface area contributed by atoms with Crippen molar-refractivity contribution in [3.8, 4) is 17.5 Å². The van der Waals surface area contributed by atoms with Crippen molar-refractivity contribution >= 4 is 12.1 Å². The maximum Gasteiger partial charge on any atom is 0.227 e. The topological polar surface area (TPSA) is 114 Å². The van der Waals surface area contributed by atoms with Gasteiger partial charge in [-0.3, -0.25) is 9.55 Å². The summed E-state index contributed by atoms with van der Waals surface area (Å²) in [6, 6.07) is 6.02. The minimum Gasteiger partial charge on any atom is -0.330 e. The van der Waals surface area contributed by atoms with E-state index in [1.807, 2.05) is 49.7 Å². The molecule has 1 fully saturated rings. The molecule has 4 heterocycles. The Labute approximate surface area is 192 Å². The van der Waals surface area contributed by atoms with Gasteiger partial charge in [0.2, 0.25) is 5.95 Å². The number of aromatic nitrogens is 8. The van der Waals surface area contributed by atoms with Gasteiger partial charge in [0, 0.05) is 31.0 Å². The number of nitriles is 1. The van der Waals surface area contributed by atoms with Crippen molar-refractivity contribution in [3.05, 3.63) is 59.7 Å². The van der Waals surface area contributed by atoms with E-state index < -0.39 is 0 Å². The summed E-state index contributed by atoms with van der Waals surface area (Å²) in [4.78, 5) is 7.86. The number of aryl methyl sites for hydroxylation is 1. The summed E-state index contributed by atoms with van der Waals surface area (Å²) in [6.07, 6.45) is 13.5. The van der Waals surface area contributed by atoms with Crippen LogP contribution in [-0.2, 0) is 7.05 Å². The molecule has 1 saturated heterocycles. The molecule has 0 aromatic carbocycles. The number of rotatable bonds is 6. The third-order valence-electron chi connectivity index (χ3n) is 5.49. The molecule has 1 atom stereocenters. The fourth-order valence-electron chi connectivity index (χ4n) is 3.86. The molecule has 1 unspecified atom stereocenters. The summed E-state index contributed by atoms with van der Waals surface area (Å²) in [7, 11) is 1.97. The van der Waals surface area contributed by atoms with Gasteiger partial charge in [0.1, 0.15) is 0 Å². The number of hydrogen-bond acceptors (Lipinski definition) is 8. The van der Waals surface area contributed by atoms with Crippen LogP contribution in [0.15, 0.2) is 48.2 Å². The van der Waals surface area contributed by atoms with Crippen LogP contribution in [-0.4, -0.2) is 46.5 Å². The van der Waals surface area contributed by atoms with Crippen molar-refractivity contribution in [1.29, 1.82) is 5.26 Å². The molecule has 10 heteroatoms. The Hall–Kier alpha value is -4.13. The zero-order valence-electron chi connectivity index (χ0n) is 19.0. The molecule has 33 heavy (non-hydrogen) atoms. The van der Waals surface area contributed by atoms with Gasteiger partial charge in [-0.2, -0.15) is 5.26 Å². The van der Waals surface area contributed by atoms with Gasteiger partial charge in [0.15, 0.2) is 11.6 Å². The van der Waals surface area contributed by atoms with E-state index in [1.165, 1.54) is 4.80 Å². The molecule has 0 aliphatic carbocycles. The van der Waals surface area contributed by atoms with Gasteiger partial charge in [-0.15, -0.1) is 25.2 Å². The highest BCUT2D eigenvalue weighted by atomic mass is 15.6. The molecule has 0 saturated carbocycles. The van der Waals surface area contributed by atoms with Crippen molar-refractivity contribution in [3.63, 3.8) is 0 Å². The van der Waals surface area contributed by atoms with Crippen molar-refractivity contribution in [2.24, 2.45) is 7.05 Å². The highest BCUT2D eigenvalue weighted by Crippen LogP contribution is 2.33. The number of tetrazole rings is 1. The highest BCUT2D eigenvalue weighted by Gasteiger charge is 2.31. The fourth-order valence-corrected chi connectivity index (χ4v) is 3.86. The summed E-state index contributed by atoms with van der Waals surface area (Å²) in [5.74, 6) is 2.19. The third-order valence-corrected chi connectivity index (χ3v) is 5.49. The zero-order valence-corrected chi connectivity index (χ0v) is 19.0. The van der Waals surface area contributed by atoms with Crippen LogP contribution in [0.4, 0.5) is 5.95 Å². The lowest BCUT2D eigenvalue weighted by Crippen LogP contribution is -2.36. The zero-order chi connectivity index (χ0) is 23.2. The number of piperidine rings is 1. The van der Waals surface area contributed by atoms with Crippen LogP contribution in [0.25, 0.3) is 17.6 Å². The molecular formula is C23H26N10. The van der Waals surface area contributed by atoms with E-state index in [9.17, 15) is 5.26 Å². The Morgan fingerprint density at radius 1 is 1.24 bits per heavy atom. The Kier molecular flexibility index (Phi) is 6.69. The first-order chi connectivity index (χ1) is 16.1. The number of allylic oxidation sites excluding steroid dienone is 5. The average Bonchev–Trinajstić information content (AvgIpc) is 3.46. The summed E-state index contributed by atoms with van der Waals surface area (Å²) in [5, 5.41) is 31.2. The van der Waals surface area contributed by atoms with Gasteiger partial charge < -0.3 is 4.90 Å². The van der Waals surface area contributed by atoms with E-state index in [1.54, 1.807) is 24.5 Å². The van der Waals surface area contributed by atoms with E-state index in [2.05, 4.69) is 41.6 Å². The maximum atomic E-state index is 9.23. The maximum absolute atomic E-state index is 9.23. The predicted octanol–water partition coefficient (Wildman–Crippen LogP) is 3.40. The number of hydrogen-bond donors (Lipinski definition) is 0. The van der Waals surface area contributed by atoms with Gasteiger partial charge in [0.25, 0.3) is 0 Å². The first-order valence-corrected chi connectivity index (χ1v) is 10.9. The van der Waals surface area contributed by atoms with E-state index in [0.717, 1.165) is 48.8 Å². The standard InChI is InChI=1S/C23H26N10/c1-4-5-8-18(16-24)11-14-33-29-21(26-30-33)20-9-6-7-13-32(20)23-28-27-22(31(23)3)19-10-12-25-17(2)15-19/h4-5,8,10-12,14-15,20H,6-7,9,13H2,1-3H3/b5-4-,14-11+,18-8+. The molecule has 4 rings (SSSR count). The highest BCUT2D eigenvalue weighted by molar-refractivity contribution is 5.57. The van der Waals surface area contributed by atoms with Gasteiger partial charge in [-0.1, -0.05) is 12.2 Å². The summed E-state index contributed by atoms with van der Waals surface area (Å²) >= 11 is 0. The lowest BCUT2D eigenvalue weighted by atomic mass is 10.0. The molecule has 0 amide bonds. The minimum absolute atomic E-state index is 0.0511. The summed E-state index contributed by atoms with van der Waals surface area (Å²) < 4.78 is 2.00. The second kappa shape index (κ2) is 9.99. The van der Waals surface area contributed by atoms with Gasteiger partial charge >= 0.3 is 0 Å². The van der Waals surface area contributed by atoms with E-state index >= 15 is 0 Å². The molecular weight excluding hydrogens is 416 g/mol. The Balaban J connectivity index is 1.59. The summed E-state index contributed by atoms with van der Waals surface area (Å²) in [5.41, 5.74) is 2.41. The van der Waals surface area contributed by atoms with Crippen LogP contribution in [0.1, 0.15) is 43.7 Å². The van der Waals surface area contributed by atoms with Gasteiger partial charge in [0.05, 0.1) is 23.9 Å². The van der Waals surface area contributed by atoms with Crippen molar-refractivity contribution in [1.82, 2.24) is 40.0 Å². The predicted molar refractivity (Wildman–Crippen MR) is 125 cm³/mol. The van der Waals surface area contributed by atoms with Gasteiger partial charge in [-0.05, 0) is 62.6 Å². The van der Waals surface area contributed by atoms with Crippen molar-refractivity contribution in [2.45, 2.75) is 39.2 Å². The van der Waals surface area contributed by atoms with Crippen LogP contribution in [0, 0.1) is 18.3 Å². The molecule has 0 spiro atoms. The Morgan fingerprint density at radius 2 is 2.12 bits per heavy atom. The molecule has 3 aromatic rings. The number of anilines is 1. The average molecular weight is 443 g/mol. The number of pyridine rings is 1. The van der Waals surface area contributed by atoms with Crippen LogP contribution in [0.3, 0.4) is 0 Å². The molecule has 1 aliphatic heterocycles. The van der Waals surface area contributed by atoms with Crippen LogP contribution < -0.4 is 4.90 Å². The Bertz CT molecular complexity index is 1240. The van der Waals surface area contributed by atoms with Crippen LogP contribution >= 0.6 is 0 Å². The largest absolute Gasteiger partial charge is 0.330 e. The van der Waals surface area contributed by atoms with Crippen molar-refractivity contribution in [2.75, 3.05) is 11.4 Å². The van der Waals surface area contributed by atoms with Crippen molar-refractivity contribution < 1.29 is 0 Å². The molecule has 0 N–H and O–H groups in total. The minimum atomic E-state index is -0.0511. The molecule has 1 aliphatic rings. The first kappa shape index (κ1) is 22.1. The van der Waals surface area contributed by atoms with E-state index in [4.69, 9.17) is 0 Å². The van der Waals surface area contributed by atoms with Crippen LogP contribution in [0.5, 0.6) is 0 Å². The molecule has 168 valence electrons. The normalized spacial score (nSPS) is 17.2. The lowest BCUT2D eigenvalue weighted by Gasteiger charge is -2.34. The quantitative estimate of drug-likeness (QED) is 0.421. The molecule has 0 radical (unpaired) electrons. The fraction of sp³-hybridized carbons (Fsp3) is 0.348. The second-order valence-electron chi connectivity index (χ2n) is 7.82. The smallest absolute Gasteiger partial charge is 0.227 e. The Morgan fingerprint density at radius 3 is 2.91 bits per heavy atom. The van der Waals surface area contributed by atoms with E-state index in [0.29, 0.717) is 11.4 Å².